The van der Waals surface area contributed by atoms with E-state index < -0.39 is 43.1 Å². The molecular weight excluding hydrogens is 911 g/mol. The minimum absolute atomic E-state index is 0.0858. The van der Waals surface area contributed by atoms with E-state index in [9.17, 15) is 31.2 Å². The number of benzene rings is 4. The van der Waals surface area contributed by atoms with Crippen LogP contribution in [0.15, 0.2) is 82.6 Å². The molecule has 68 heavy (non-hydrogen) atoms. The topological polar surface area (TPSA) is 139 Å². The summed E-state index contributed by atoms with van der Waals surface area (Å²) in [5.74, 6) is -3.11. The first-order valence-electron chi connectivity index (χ1n) is 23.6. The zero-order valence-corrected chi connectivity index (χ0v) is 41.4. The highest BCUT2D eigenvalue weighted by atomic mass is 32.2. The number of carbonyl (C=O) groups is 3. The van der Waals surface area contributed by atoms with E-state index in [-0.39, 0.29) is 39.5 Å². The molecule has 4 heterocycles. The van der Waals surface area contributed by atoms with Crippen molar-refractivity contribution >= 4 is 60.0 Å². The van der Waals surface area contributed by atoms with Gasteiger partial charge >= 0.3 is 0 Å². The van der Waals surface area contributed by atoms with Gasteiger partial charge in [-0.3, -0.25) is 14.4 Å². The molecule has 4 aliphatic rings. The first kappa shape index (κ1) is 48.9. The second-order valence-electron chi connectivity index (χ2n) is 19.1. The van der Waals surface area contributed by atoms with Gasteiger partial charge in [-0.15, -0.1) is 0 Å². The Kier molecular flexibility index (Phi) is 14.0. The maximum Gasteiger partial charge on any atom is 0.256 e. The highest BCUT2D eigenvalue weighted by Gasteiger charge is 2.33. The van der Waals surface area contributed by atoms with Gasteiger partial charge in [-0.2, -0.15) is 0 Å². The highest BCUT2D eigenvalue weighted by Crippen LogP contribution is 2.36. The number of carbonyl (C=O) groups excluding carboxylic acids is 3. The maximum atomic E-state index is 15.9. The van der Waals surface area contributed by atoms with Crippen molar-refractivity contribution in [2.45, 2.75) is 87.1 Å². The third-order valence-electron chi connectivity index (χ3n) is 14.6. The van der Waals surface area contributed by atoms with Crippen molar-refractivity contribution in [3.8, 4) is 0 Å². The molecule has 4 saturated heterocycles. The van der Waals surface area contributed by atoms with E-state index in [1.165, 1.54) is 24.3 Å². The van der Waals surface area contributed by atoms with Gasteiger partial charge in [0.25, 0.3) is 11.8 Å². The predicted octanol–water partition coefficient (Wildman–Crippen LogP) is 7.15. The summed E-state index contributed by atoms with van der Waals surface area (Å²) >= 11 is 0. The number of Topliss-reactive ketones (excluding diaryl/α,β-unsaturated/α-hetero) is 1. The first-order chi connectivity index (χ1) is 32.2. The second kappa shape index (κ2) is 19.4. The van der Waals surface area contributed by atoms with Crippen LogP contribution in [0.2, 0.25) is 0 Å². The van der Waals surface area contributed by atoms with E-state index in [0.717, 1.165) is 62.7 Å². The molecule has 4 fully saturated rings. The van der Waals surface area contributed by atoms with Gasteiger partial charge < -0.3 is 29.4 Å². The lowest BCUT2D eigenvalue weighted by Gasteiger charge is -2.37. The van der Waals surface area contributed by atoms with Crippen LogP contribution in [-0.2, 0) is 24.5 Å². The number of ketones is 1. The van der Waals surface area contributed by atoms with Gasteiger partial charge in [0.05, 0.1) is 32.3 Å². The summed E-state index contributed by atoms with van der Waals surface area (Å²) in [4.78, 5) is 53.5. The Morgan fingerprint density at radius 3 is 1.18 bits per heavy atom. The van der Waals surface area contributed by atoms with E-state index in [1.54, 1.807) is 72.2 Å². The molecular formula is C51H62F2N6O7S2. The Morgan fingerprint density at radius 1 is 0.515 bits per heavy atom. The zero-order chi connectivity index (χ0) is 48.8. The number of hydrogen-bond donors (Lipinski definition) is 0. The molecule has 4 unspecified atom stereocenters. The first-order valence-corrected chi connectivity index (χ1v) is 27.4. The van der Waals surface area contributed by atoms with Gasteiger partial charge in [-0.1, -0.05) is 26.0 Å². The number of piperazine rings is 2. The van der Waals surface area contributed by atoms with Crippen LogP contribution in [-0.4, -0.2) is 134 Å². The summed E-state index contributed by atoms with van der Waals surface area (Å²) in [7, 11) is -7.10. The molecule has 364 valence electrons. The molecule has 0 spiro atoms. The van der Waals surface area contributed by atoms with E-state index in [1.807, 2.05) is 9.80 Å². The van der Waals surface area contributed by atoms with Crippen molar-refractivity contribution in [2.24, 2.45) is 0 Å². The van der Waals surface area contributed by atoms with E-state index in [4.69, 9.17) is 0 Å². The van der Waals surface area contributed by atoms with Crippen LogP contribution in [0, 0.1) is 11.6 Å². The SMILES string of the molecule is CC(C(=O)C(C)c1ccc(N2CCN(C(=O)c3cc(S(C)(=O)=O)ccc3N3CCCC3C)CC2)c(F)c1)c1ccc(N2CCN(C(=O)c3cc(S(C)(=O)=O)ccc3N3CCCC3C)CC2)c(F)c1. The monoisotopic (exact) mass is 972 g/mol. The predicted molar refractivity (Wildman–Crippen MR) is 262 cm³/mol. The fraction of sp³-hybridized carbons (Fsp3) is 0.471. The van der Waals surface area contributed by atoms with Crippen molar-refractivity contribution in [2.75, 3.05) is 97.6 Å². The van der Waals surface area contributed by atoms with Crippen molar-refractivity contribution in [3.05, 3.63) is 107 Å². The molecule has 0 N–H and O–H groups in total. The Balaban J connectivity index is 0.881. The molecule has 17 heteroatoms. The van der Waals surface area contributed by atoms with Gasteiger partial charge in [0.15, 0.2) is 19.7 Å². The van der Waals surface area contributed by atoms with E-state index in [0.29, 0.717) is 86.0 Å². The average Bonchev–Trinajstić information content (AvgIpc) is 3.96. The molecule has 2 amide bonds. The van der Waals surface area contributed by atoms with Crippen LogP contribution in [0.25, 0.3) is 0 Å². The molecule has 4 atom stereocenters. The van der Waals surface area contributed by atoms with Gasteiger partial charge in [0, 0.05) is 113 Å². The summed E-state index contributed by atoms with van der Waals surface area (Å²) in [6.07, 6.45) is 6.17. The maximum absolute atomic E-state index is 15.9. The van der Waals surface area contributed by atoms with Crippen LogP contribution in [0.5, 0.6) is 0 Å². The van der Waals surface area contributed by atoms with Crippen LogP contribution in [0.4, 0.5) is 31.5 Å². The zero-order valence-electron chi connectivity index (χ0n) is 39.8. The fourth-order valence-corrected chi connectivity index (χ4v) is 11.7. The van der Waals surface area contributed by atoms with Crippen molar-refractivity contribution < 1.29 is 40.0 Å². The number of rotatable bonds is 12. The number of halogens is 2. The lowest BCUT2D eigenvalue weighted by molar-refractivity contribution is -0.121. The van der Waals surface area contributed by atoms with Crippen LogP contribution >= 0.6 is 0 Å². The molecule has 0 radical (unpaired) electrons. The quantitative estimate of drug-likeness (QED) is 0.143. The lowest BCUT2D eigenvalue weighted by Crippen LogP contribution is -2.49. The van der Waals surface area contributed by atoms with Crippen molar-refractivity contribution in [3.63, 3.8) is 0 Å². The Bertz CT molecular complexity index is 2640. The highest BCUT2D eigenvalue weighted by molar-refractivity contribution is 7.91. The molecule has 8 rings (SSSR count). The van der Waals surface area contributed by atoms with Crippen LogP contribution in [0.1, 0.15) is 97.1 Å². The number of anilines is 4. The molecule has 0 bridgehead atoms. The smallest absolute Gasteiger partial charge is 0.256 e. The van der Waals surface area contributed by atoms with Gasteiger partial charge in [0.2, 0.25) is 0 Å². The van der Waals surface area contributed by atoms with Gasteiger partial charge in [-0.05, 0) is 111 Å². The molecule has 4 aliphatic heterocycles. The minimum atomic E-state index is -3.55. The standard InChI is InChI=1S/C51H62F2N6O7S2/c1-33-9-7-19-58(33)45-17-13-39(67(5,63)64)31-41(45)50(61)56-25-21-54(22-26-56)47-15-11-37(29-43(47)52)35(3)49(60)36(4)38-12-16-48(44(53)30-38)55-23-27-57(28-24-55)51(62)42-32-40(68(6,65)66)14-18-46(42)59-20-8-10-34(59)2/h11-18,29-36H,7-10,19-28H2,1-6H3. The van der Waals surface area contributed by atoms with E-state index >= 15 is 8.78 Å². The normalized spacial score (nSPS) is 20.2. The largest absolute Gasteiger partial charge is 0.368 e. The molecule has 4 aromatic rings. The molecule has 0 aromatic heterocycles. The van der Waals surface area contributed by atoms with Crippen LogP contribution in [0.3, 0.4) is 0 Å². The average molecular weight is 973 g/mol. The number of nitrogens with zero attached hydrogens (tertiary/aromatic N) is 6. The molecule has 13 nitrogen and oxygen atoms in total. The summed E-state index contributed by atoms with van der Waals surface area (Å²) in [5, 5.41) is 0. The second-order valence-corrected chi connectivity index (χ2v) is 23.1. The number of sulfone groups is 2. The minimum Gasteiger partial charge on any atom is -0.368 e. The Labute approximate surface area is 399 Å². The van der Waals surface area contributed by atoms with Gasteiger partial charge in [0.1, 0.15) is 17.4 Å². The van der Waals surface area contributed by atoms with Gasteiger partial charge in [-0.25, -0.2) is 25.6 Å². The fourth-order valence-electron chi connectivity index (χ4n) is 10.4. The molecule has 0 saturated carbocycles. The van der Waals surface area contributed by atoms with Crippen molar-refractivity contribution in [1.82, 2.24) is 9.80 Å². The lowest BCUT2D eigenvalue weighted by atomic mass is 9.85. The Morgan fingerprint density at radius 2 is 0.868 bits per heavy atom. The summed E-state index contributed by atoms with van der Waals surface area (Å²) in [5.41, 5.74) is 3.81. The Hall–Kier alpha value is -5.55. The van der Waals surface area contributed by atoms with Crippen molar-refractivity contribution in [1.29, 1.82) is 0 Å². The summed E-state index contributed by atoms with van der Waals surface area (Å²) in [6.45, 7) is 11.8. The third-order valence-corrected chi connectivity index (χ3v) is 16.8. The molecule has 4 aromatic carbocycles. The van der Waals surface area contributed by atoms with Crippen LogP contribution < -0.4 is 19.6 Å². The molecule has 0 aliphatic carbocycles. The van der Waals surface area contributed by atoms with E-state index in [2.05, 4.69) is 23.6 Å². The number of amides is 2. The third kappa shape index (κ3) is 9.96. The summed E-state index contributed by atoms with van der Waals surface area (Å²) in [6, 6.07) is 19.5. The number of hydrogen-bond acceptors (Lipinski definition) is 11. The summed E-state index contributed by atoms with van der Waals surface area (Å²) < 4.78 is 81.7.